The van der Waals surface area contributed by atoms with Crippen LogP contribution in [0, 0.1) is 0 Å². The van der Waals surface area contributed by atoms with Crippen molar-refractivity contribution in [3.8, 4) is 0 Å². The van der Waals surface area contributed by atoms with Gasteiger partial charge in [0.15, 0.2) is 11.4 Å². The number of fused-ring (bicyclic) bond motifs is 2. The molecule has 2 aromatic rings. The molecule has 2 aliphatic heterocycles. The maximum absolute atomic E-state index is 15.5. The number of benzene rings is 1. The van der Waals surface area contributed by atoms with E-state index in [1.165, 1.54) is 0 Å². The van der Waals surface area contributed by atoms with Crippen LogP contribution in [0.4, 0.5) is 8.63 Å². The van der Waals surface area contributed by atoms with E-state index in [1.807, 2.05) is 47.9 Å². The molecule has 4 rings (SSSR count). The Bertz CT molecular complexity index is 1130. The molecule has 0 radical (unpaired) electrons. The number of aromatic nitrogens is 1. The molecule has 30 heavy (non-hydrogen) atoms. The number of nitrogens with zero attached hydrogens (tertiary/aromatic N) is 2. The van der Waals surface area contributed by atoms with E-state index in [0.717, 1.165) is 14.5 Å². The van der Waals surface area contributed by atoms with E-state index in [-0.39, 0.29) is 12.8 Å². The Morgan fingerprint density at radius 1 is 1.10 bits per heavy atom. The molecule has 0 atom stereocenters. The van der Waals surface area contributed by atoms with Crippen LogP contribution in [-0.4, -0.2) is 27.6 Å². The average molecular weight is 406 g/mol. The zero-order valence-corrected chi connectivity index (χ0v) is 16.2. The van der Waals surface area contributed by atoms with Gasteiger partial charge < -0.3 is 17.6 Å². The molecule has 0 bridgehead atoms. The van der Waals surface area contributed by atoms with Gasteiger partial charge in [-0.3, -0.25) is 10.2 Å². The monoisotopic (exact) mass is 406 g/mol. The van der Waals surface area contributed by atoms with E-state index in [9.17, 15) is 4.79 Å². The molecule has 0 saturated carbocycles. The Hall–Kier alpha value is -3.52. The molecule has 1 amide bonds. The van der Waals surface area contributed by atoms with Crippen molar-refractivity contribution in [2.45, 2.75) is 12.8 Å². The first-order valence-electron chi connectivity index (χ1n) is 9.68. The maximum Gasteiger partial charge on any atom is 0.737 e. The second kappa shape index (κ2) is 8.08. The normalized spacial score (nSPS) is 16.8. The highest BCUT2D eigenvalue weighted by Crippen LogP contribution is 2.32. The molecule has 0 unspecified atom stereocenters. The van der Waals surface area contributed by atoms with Crippen LogP contribution in [-0.2, 0) is 11.2 Å². The third-order valence-corrected chi connectivity index (χ3v) is 5.17. The van der Waals surface area contributed by atoms with Crippen LogP contribution >= 0.6 is 0 Å². The molecule has 1 aromatic heterocycles. The number of allylic oxidation sites excluding steroid dienone is 5. The van der Waals surface area contributed by atoms with Crippen LogP contribution in [0.25, 0.3) is 12.2 Å². The van der Waals surface area contributed by atoms with Crippen LogP contribution < -0.4 is 11.3 Å². The third-order valence-electron chi connectivity index (χ3n) is 5.17. The number of hydrazine groups is 1. The van der Waals surface area contributed by atoms with Gasteiger partial charge in [0, 0.05) is 36.4 Å². The summed E-state index contributed by atoms with van der Waals surface area (Å²) in [6, 6.07) is 13.0. The number of nitrogens with two attached hydrogens (primary N) is 1. The summed E-state index contributed by atoms with van der Waals surface area (Å²) in [5, 5.41) is 0. The lowest BCUT2D eigenvalue weighted by Gasteiger charge is -2.30. The summed E-state index contributed by atoms with van der Waals surface area (Å²) in [5.74, 6) is 4.70. The summed E-state index contributed by atoms with van der Waals surface area (Å²) >= 11 is 0. The van der Waals surface area contributed by atoms with Crippen molar-refractivity contribution in [1.82, 2.24) is 9.90 Å². The van der Waals surface area contributed by atoms with Gasteiger partial charge in [-0.2, -0.15) is 0 Å². The highest BCUT2D eigenvalue weighted by atomic mass is 19.2. The standard InChI is InChI=1S/C22H21BF2N4O/c24-23(25)28-18(9-5-4-8-17-6-2-1-3-7-17)10-12-20(28)16-21-13-11-19(29(21)23)14-15-22(30)27-26/h1-13,16H,14-15,26H2,(H,27,30)/b8-4+,9-5+. The summed E-state index contributed by atoms with van der Waals surface area (Å²) in [5.41, 5.74) is 4.74. The van der Waals surface area contributed by atoms with Crippen molar-refractivity contribution >= 4 is 30.7 Å². The lowest BCUT2D eigenvalue weighted by molar-refractivity contribution is -0.360. The Morgan fingerprint density at radius 2 is 1.87 bits per heavy atom. The lowest BCUT2D eigenvalue weighted by atomic mass is 9.90. The number of hydrogen-bond acceptors (Lipinski definition) is 2. The average Bonchev–Trinajstić information content (AvgIpc) is 3.35. The number of amides is 1. The zero-order chi connectivity index (χ0) is 21.1. The number of rotatable bonds is 6. The number of hydrogen-bond donors (Lipinski definition) is 2. The first-order chi connectivity index (χ1) is 14.5. The molecular weight excluding hydrogens is 385 g/mol. The predicted octanol–water partition coefficient (Wildman–Crippen LogP) is 3.28. The number of halogens is 2. The minimum atomic E-state index is -4.09. The Morgan fingerprint density at radius 3 is 2.63 bits per heavy atom. The van der Waals surface area contributed by atoms with Crippen molar-refractivity contribution in [3.05, 3.63) is 95.5 Å². The molecule has 5 nitrogen and oxygen atoms in total. The van der Waals surface area contributed by atoms with Crippen molar-refractivity contribution < 1.29 is 17.9 Å². The van der Waals surface area contributed by atoms with Crippen LogP contribution in [0.5, 0.6) is 0 Å². The van der Waals surface area contributed by atoms with Crippen LogP contribution in [0.2, 0.25) is 0 Å². The summed E-state index contributed by atoms with van der Waals surface area (Å²) in [6.07, 6.45) is 12.5. The van der Waals surface area contributed by atoms with E-state index < -0.39 is 12.9 Å². The van der Waals surface area contributed by atoms with Gasteiger partial charge in [-0.15, -0.1) is 0 Å². The summed E-state index contributed by atoms with van der Waals surface area (Å²) in [7, 11) is 0. The van der Waals surface area contributed by atoms with E-state index in [0.29, 0.717) is 22.8 Å². The predicted molar refractivity (Wildman–Crippen MR) is 115 cm³/mol. The smallest absolute Gasteiger partial charge is 0.394 e. The van der Waals surface area contributed by atoms with E-state index in [2.05, 4.69) is 0 Å². The molecule has 0 aliphatic carbocycles. The minimum Gasteiger partial charge on any atom is -0.394 e. The Kier molecular flexibility index (Phi) is 5.33. The highest BCUT2D eigenvalue weighted by molar-refractivity contribution is 6.58. The fourth-order valence-electron chi connectivity index (χ4n) is 3.77. The number of nitrogens with one attached hydrogen (secondary N) is 1. The van der Waals surface area contributed by atoms with E-state index in [4.69, 9.17) is 5.84 Å². The second-order valence-corrected chi connectivity index (χ2v) is 7.10. The van der Waals surface area contributed by atoms with Gasteiger partial charge in [0.1, 0.15) is 0 Å². The SMILES string of the molecule is NNC(=O)CCc1ccc2n1[B-](F)(F)[N+]1=C(/C=C/C=C/c3ccccc3)C=CC1=C2. The van der Waals surface area contributed by atoms with Crippen LogP contribution in [0.1, 0.15) is 23.4 Å². The van der Waals surface area contributed by atoms with Crippen LogP contribution in [0.3, 0.4) is 0 Å². The zero-order valence-electron chi connectivity index (χ0n) is 16.2. The van der Waals surface area contributed by atoms with Gasteiger partial charge in [-0.05, 0) is 29.8 Å². The van der Waals surface area contributed by atoms with E-state index >= 15 is 8.63 Å². The number of aryl methyl sites for hydroxylation is 1. The lowest BCUT2D eigenvalue weighted by Crippen LogP contribution is -2.50. The van der Waals surface area contributed by atoms with Crippen molar-refractivity contribution in [1.29, 1.82) is 0 Å². The molecular formula is C22H21BF2N4O. The minimum absolute atomic E-state index is 0.0433. The maximum atomic E-state index is 15.5. The van der Waals surface area contributed by atoms with Gasteiger partial charge in [0.05, 0.1) is 0 Å². The van der Waals surface area contributed by atoms with Crippen molar-refractivity contribution in [2.75, 3.05) is 0 Å². The van der Waals surface area contributed by atoms with Crippen molar-refractivity contribution in [2.24, 2.45) is 5.84 Å². The summed E-state index contributed by atoms with van der Waals surface area (Å²) in [4.78, 5) is 11.4. The van der Waals surface area contributed by atoms with Crippen molar-refractivity contribution in [3.63, 3.8) is 0 Å². The fraction of sp³-hybridized carbons (Fsp3) is 0.0909. The number of carbonyl (C=O) groups is 1. The molecule has 0 fully saturated rings. The molecule has 1 aromatic carbocycles. The largest absolute Gasteiger partial charge is 0.737 e. The topological polar surface area (TPSA) is 63.1 Å². The summed E-state index contributed by atoms with van der Waals surface area (Å²) in [6.45, 7) is -4.09. The third kappa shape index (κ3) is 3.69. The molecule has 3 N–H and O–H groups in total. The fourth-order valence-corrected chi connectivity index (χ4v) is 3.77. The second-order valence-electron chi connectivity index (χ2n) is 7.10. The molecule has 2 aliphatic rings. The molecule has 3 heterocycles. The van der Waals surface area contributed by atoms with Gasteiger partial charge in [-0.25, -0.2) is 5.84 Å². The molecule has 0 saturated heterocycles. The van der Waals surface area contributed by atoms with Crippen LogP contribution in [0.15, 0.2) is 78.5 Å². The first-order valence-corrected chi connectivity index (χ1v) is 9.68. The Labute approximate surface area is 173 Å². The Balaban J connectivity index is 1.62. The van der Waals surface area contributed by atoms with Gasteiger partial charge in [0.2, 0.25) is 5.91 Å². The first kappa shape index (κ1) is 19.8. The summed E-state index contributed by atoms with van der Waals surface area (Å²) < 4.78 is 33.2. The number of carbonyl (C=O) groups excluding carboxylic acids is 1. The van der Waals surface area contributed by atoms with Gasteiger partial charge in [-0.1, -0.05) is 48.6 Å². The van der Waals surface area contributed by atoms with E-state index in [1.54, 1.807) is 42.5 Å². The van der Waals surface area contributed by atoms with Gasteiger partial charge in [0.25, 0.3) is 0 Å². The highest BCUT2D eigenvalue weighted by Gasteiger charge is 2.52. The van der Waals surface area contributed by atoms with Gasteiger partial charge >= 0.3 is 6.97 Å². The molecule has 152 valence electrons. The molecule has 0 spiro atoms. The molecule has 8 heteroatoms. The quantitative estimate of drug-likeness (QED) is 0.254.